The van der Waals surface area contributed by atoms with Crippen LogP contribution in [-0.2, 0) is 11.3 Å². The van der Waals surface area contributed by atoms with Crippen LogP contribution in [0.3, 0.4) is 0 Å². The number of hydrogen-bond acceptors (Lipinski definition) is 4. The summed E-state index contributed by atoms with van der Waals surface area (Å²) in [5, 5.41) is 6.88. The van der Waals surface area contributed by atoms with Gasteiger partial charge in [-0.25, -0.2) is 4.79 Å². The minimum atomic E-state index is -0.279. The number of hydrogen-bond donors (Lipinski definition) is 1. The number of carbonyl (C=O) groups is 1. The van der Waals surface area contributed by atoms with Gasteiger partial charge >= 0.3 is 5.97 Å². The number of H-pyrrole nitrogens is 1. The molecule has 1 saturated heterocycles. The first kappa shape index (κ1) is 16.5. The Morgan fingerprint density at radius 3 is 2.81 bits per heavy atom. The van der Waals surface area contributed by atoms with E-state index in [1.54, 1.807) is 6.07 Å². The summed E-state index contributed by atoms with van der Waals surface area (Å²) in [5.41, 5.74) is 5.41. The van der Waals surface area contributed by atoms with Gasteiger partial charge in [0.05, 0.1) is 18.9 Å². The maximum Gasteiger partial charge on any atom is 0.337 e. The molecule has 0 atom stereocenters. The van der Waals surface area contributed by atoms with Crippen LogP contribution >= 0.6 is 0 Å². The third-order valence-corrected chi connectivity index (χ3v) is 4.90. The lowest BCUT2D eigenvalue weighted by atomic mass is 9.90. The summed E-state index contributed by atoms with van der Waals surface area (Å²) in [4.78, 5) is 14.1. The molecule has 5 nitrogen and oxygen atoms in total. The van der Waals surface area contributed by atoms with Gasteiger partial charge in [-0.3, -0.25) is 10.00 Å². The smallest absolute Gasteiger partial charge is 0.337 e. The highest BCUT2D eigenvalue weighted by Gasteiger charge is 2.28. The first-order valence-electron chi connectivity index (χ1n) is 8.71. The highest BCUT2D eigenvalue weighted by molar-refractivity contribution is 5.89. The monoisotopic (exact) mass is 347 g/mol. The van der Waals surface area contributed by atoms with Crippen molar-refractivity contribution in [2.75, 3.05) is 20.2 Å². The van der Waals surface area contributed by atoms with Crippen molar-refractivity contribution in [3.05, 3.63) is 77.6 Å². The largest absolute Gasteiger partial charge is 0.465 e. The van der Waals surface area contributed by atoms with Gasteiger partial charge in [-0.1, -0.05) is 30.3 Å². The number of aromatic amines is 1. The van der Waals surface area contributed by atoms with Gasteiger partial charge in [0, 0.05) is 37.3 Å². The van der Waals surface area contributed by atoms with Crippen LogP contribution in [0.15, 0.2) is 60.9 Å². The molecule has 2 aromatic carbocycles. The average molecular weight is 347 g/mol. The van der Waals surface area contributed by atoms with Crippen LogP contribution in [0.2, 0.25) is 0 Å². The summed E-state index contributed by atoms with van der Waals surface area (Å²) in [5.74, 6) is 0.191. The van der Waals surface area contributed by atoms with E-state index in [0.29, 0.717) is 11.5 Å². The molecule has 2 heterocycles. The molecular weight excluding hydrogens is 326 g/mol. The molecular formula is C21H21N3O2. The van der Waals surface area contributed by atoms with Crippen LogP contribution in [0.4, 0.5) is 0 Å². The van der Waals surface area contributed by atoms with Crippen molar-refractivity contribution in [1.29, 1.82) is 0 Å². The fourth-order valence-corrected chi connectivity index (χ4v) is 3.46. The predicted octanol–water partition coefficient (Wildman–Crippen LogP) is 3.46. The molecule has 3 aromatic rings. The summed E-state index contributed by atoms with van der Waals surface area (Å²) in [6, 6.07) is 16.3. The second-order valence-corrected chi connectivity index (χ2v) is 6.70. The fourth-order valence-electron chi connectivity index (χ4n) is 3.46. The molecule has 0 spiro atoms. The summed E-state index contributed by atoms with van der Waals surface area (Å²) in [7, 11) is 1.41. The van der Waals surface area contributed by atoms with Crippen LogP contribution < -0.4 is 0 Å². The number of likely N-dealkylation sites (tertiary alicyclic amines) is 1. The van der Waals surface area contributed by atoms with E-state index >= 15 is 0 Å². The molecule has 0 radical (unpaired) electrons. The lowest BCUT2D eigenvalue weighted by Gasteiger charge is -2.39. The second-order valence-electron chi connectivity index (χ2n) is 6.70. The van der Waals surface area contributed by atoms with Crippen molar-refractivity contribution in [3.63, 3.8) is 0 Å². The maximum atomic E-state index is 11.7. The molecule has 0 unspecified atom stereocenters. The standard InChI is InChI=1S/C21H21N3O2/c1-26-21(25)18-7-3-6-17(9-18)20-13-24(14-20)12-15-4-2-5-16(8-15)19-10-22-23-11-19/h2-11,20H,12-14H2,1H3,(H,22,23). The normalized spacial score (nSPS) is 14.8. The molecule has 1 aromatic heterocycles. The topological polar surface area (TPSA) is 58.2 Å². The Hall–Kier alpha value is -2.92. The molecule has 1 N–H and O–H groups in total. The lowest BCUT2D eigenvalue weighted by Crippen LogP contribution is -2.44. The van der Waals surface area contributed by atoms with E-state index < -0.39 is 0 Å². The van der Waals surface area contributed by atoms with Crippen molar-refractivity contribution in [2.45, 2.75) is 12.5 Å². The maximum absolute atomic E-state index is 11.7. The highest BCUT2D eigenvalue weighted by Crippen LogP contribution is 2.29. The van der Waals surface area contributed by atoms with Crippen molar-refractivity contribution in [2.24, 2.45) is 0 Å². The van der Waals surface area contributed by atoms with Crippen molar-refractivity contribution >= 4 is 5.97 Å². The minimum Gasteiger partial charge on any atom is -0.465 e. The van der Waals surface area contributed by atoms with Gasteiger partial charge in [-0.15, -0.1) is 0 Å². The molecule has 0 aliphatic carbocycles. The molecule has 0 amide bonds. The van der Waals surface area contributed by atoms with E-state index in [4.69, 9.17) is 4.74 Å². The van der Waals surface area contributed by atoms with E-state index in [1.165, 1.54) is 23.8 Å². The van der Waals surface area contributed by atoms with Crippen LogP contribution in [0, 0.1) is 0 Å². The van der Waals surface area contributed by atoms with E-state index in [2.05, 4.69) is 45.4 Å². The number of esters is 1. The Labute approximate surface area is 152 Å². The van der Waals surface area contributed by atoms with Crippen molar-refractivity contribution < 1.29 is 9.53 Å². The van der Waals surface area contributed by atoms with E-state index in [0.717, 1.165) is 25.2 Å². The molecule has 0 bridgehead atoms. The average Bonchev–Trinajstić information content (AvgIpc) is 3.19. The third-order valence-electron chi connectivity index (χ3n) is 4.90. The van der Waals surface area contributed by atoms with Crippen molar-refractivity contribution in [1.82, 2.24) is 15.1 Å². The Morgan fingerprint density at radius 1 is 1.19 bits per heavy atom. The van der Waals surface area contributed by atoms with E-state index in [-0.39, 0.29) is 5.97 Å². The molecule has 132 valence electrons. The molecule has 0 saturated carbocycles. The number of nitrogens with one attached hydrogen (secondary N) is 1. The molecule has 1 fully saturated rings. The van der Waals surface area contributed by atoms with Gasteiger partial charge in [0.1, 0.15) is 0 Å². The zero-order chi connectivity index (χ0) is 17.9. The Bertz CT molecular complexity index is 899. The highest BCUT2D eigenvalue weighted by atomic mass is 16.5. The quantitative estimate of drug-likeness (QED) is 0.718. The van der Waals surface area contributed by atoms with Crippen LogP contribution in [-0.4, -0.2) is 41.3 Å². The van der Waals surface area contributed by atoms with Crippen LogP contribution in [0.5, 0.6) is 0 Å². The Balaban J connectivity index is 1.39. The molecule has 4 rings (SSSR count). The molecule has 1 aliphatic rings. The number of rotatable bonds is 5. The first-order chi connectivity index (χ1) is 12.7. The molecule has 1 aliphatic heterocycles. The Morgan fingerprint density at radius 2 is 2.04 bits per heavy atom. The van der Waals surface area contributed by atoms with E-state index in [1.807, 2.05) is 24.5 Å². The number of nitrogens with zero attached hydrogens (tertiary/aromatic N) is 2. The Kier molecular flexibility index (Phi) is 4.54. The molecule has 26 heavy (non-hydrogen) atoms. The summed E-state index contributed by atoms with van der Waals surface area (Å²) in [6.45, 7) is 2.93. The minimum absolute atomic E-state index is 0.279. The number of benzene rings is 2. The van der Waals surface area contributed by atoms with Gasteiger partial charge < -0.3 is 4.74 Å². The zero-order valence-corrected chi connectivity index (χ0v) is 14.7. The van der Waals surface area contributed by atoms with Gasteiger partial charge in [0.2, 0.25) is 0 Å². The van der Waals surface area contributed by atoms with Crippen LogP contribution in [0.25, 0.3) is 11.1 Å². The first-order valence-corrected chi connectivity index (χ1v) is 8.71. The number of aromatic nitrogens is 2. The summed E-state index contributed by atoms with van der Waals surface area (Å²) >= 11 is 0. The van der Waals surface area contributed by atoms with Gasteiger partial charge in [0.15, 0.2) is 0 Å². The summed E-state index contributed by atoms with van der Waals surface area (Å²) in [6.07, 6.45) is 3.75. The van der Waals surface area contributed by atoms with Gasteiger partial charge in [-0.2, -0.15) is 5.10 Å². The number of methoxy groups -OCH3 is 1. The molecule has 5 heteroatoms. The van der Waals surface area contributed by atoms with Crippen molar-refractivity contribution in [3.8, 4) is 11.1 Å². The fraction of sp³-hybridized carbons (Fsp3) is 0.238. The van der Waals surface area contributed by atoms with Gasteiger partial charge in [-0.05, 0) is 34.9 Å². The van der Waals surface area contributed by atoms with Gasteiger partial charge in [0.25, 0.3) is 0 Å². The third kappa shape index (κ3) is 3.39. The SMILES string of the molecule is COC(=O)c1cccc(C2CN(Cc3cccc(-c4cn[nH]c4)c3)C2)c1. The van der Waals surface area contributed by atoms with Crippen LogP contribution in [0.1, 0.15) is 27.4 Å². The zero-order valence-electron chi connectivity index (χ0n) is 14.7. The number of carbonyl (C=O) groups excluding carboxylic acids is 1. The summed E-state index contributed by atoms with van der Waals surface area (Å²) < 4.78 is 4.81. The second kappa shape index (κ2) is 7.14. The number of ether oxygens (including phenoxy) is 1. The lowest BCUT2D eigenvalue weighted by molar-refractivity contribution is 0.0600. The van der Waals surface area contributed by atoms with E-state index in [9.17, 15) is 4.79 Å². The predicted molar refractivity (Wildman–Crippen MR) is 99.8 cm³/mol.